The van der Waals surface area contributed by atoms with E-state index in [0.717, 1.165) is 25.1 Å². The maximum atomic E-state index is 12.2. The molecule has 0 spiro atoms. The average Bonchev–Trinajstić information content (AvgIpc) is 2.62. The molecule has 0 saturated heterocycles. The molecule has 0 saturated carbocycles. The summed E-state index contributed by atoms with van der Waals surface area (Å²) in [6.45, 7) is 1.30. The van der Waals surface area contributed by atoms with Gasteiger partial charge in [-0.2, -0.15) is 0 Å². The van der Waals surface area contributed by atoms with Crippen molar-refractivity contribution < 1.29 is 9.53 Å². The van der Waals surface area contributed by atoms with Crippen molar-refractivity contribution in [1.82, 2.24) is 4.90 Å². The minimum atomic E-state index is 0.126. The third-order valence-electron chi connectivity index (χ3n) is 4.04. The predicted molar refractivity (Wildman–Crippen MR) is 104 cm³/mol. The first-order valence-electron chi connectivity index (χ1n) is 8.45. The fourth-order valence-corrected chi connectivity index (χ4v) is 2.78. The van der Waals surface area contributed by atoms with Gasteiger partial charge >= 0.3 is 0 Å². The van der Waals surface area contributed by atoms with Crippen molar-refractivity contribution in [2.24, 2.45) is 0 Å². The van der Waals surface area contributed by atoms with Crippen molar-refractivity contribution in [3.05, 3.63) is 59.1 Å². The van der Waals surface area contributed by atoms with E-state index in [1.165, 1.54) is 5.56 Å². The minimum Gasteiger partial charge on any atom is -0.495 e. The van der Waals surface area contributed by atoms with Gasteiger partial charge in [-0.05, 0) is 36.6 Å². The van der Waals surface area contributed by atoms with Gasteiger partial charge in [0, 0.05) is 31.6 Å². The molecule has 0 aliphatic rings. The molecule has 2 rings (SSSR count). The van der Waals surface area contributed by atoms with E-state index >= 15 is 0 Å². The lowest BCUT2D eigenvalue weighted by molar-refractivity contribution is -0.129. The zero-order valence-corrected chi connectivity index (χ0v) is 15.6. The highest BCUT2D eigenvalue weighted by Crippen LogP contribution is 2.27. The van der Waals surface area contributed by atoms with Crippen LogP contribution in [0.25, 0.3) is 0 Å². The Hall–Kier alpha value is -2.20. The fraction of sp³-hybridized carbons (Fsp3) is 0.350. The van der Waals surface area contributed by atoms with E-state index in [4.69, 9.17) is 16.3 Å². The van der Waals surface area contributed by atoms with Gasteiger partial charge in [0.05, 0.1) is 12.8 Å². The van der Waals surface area contributed by atoms with Gasteiger partial charge in [-0.15, -0.1) is 0 Å². The number of carbonyl (C=O) groups excluding carboxylic acids is 1. The number of hydrogen-bond acceptors (Lipinski definition) is 3. The van der Waals surface area contributed by atoms with Crippen LogP contribution in [-0.4, -0.2) is 38.1 Å². The van der Waals surface area contributed by atoms with Crippen LogP contribution in [0.4, 0.5) is 5.69 Å². The lowest BCUT2D eigenvalue weighted by atomic mass is 10.1. The molecule has 0 radical (unpaired) electrons. The number of anilines is 1. The zero-order chi connectivity index (χ0) is 18.1. The number of ether oxygens (including phenoxy) is 1. The second-order valence-corrected chi connectivity index (χ2v) is 6.36. The van der Waals surface area contributed by atoms with Crippen LogP contribution in [-0.2, 0) is 11.2 Å². The number of amides is 1. The molecule has 4 nitrogen and oxygen atoms in total. The highest BCUT2D eigenvalue weighted by molar-refractivity contribution is 6.30. The first kappa shape index (κ1) is 19.1. The Morgan fingerprint density at radius 3 is 2.68 bits per heavy atom. The van der Waals surface area contributed by atoms with Crippen LogP contribution in [0, 0.1) is 0 Å². The molecule has 2 aromatic rings. The minimum absolute atomic E-state index is 0.126. The molecule has 0 aromatic heterocycles. The number of nitrogens with zero attached hydrogens (tertiary/aromatic N) is 1. The van der Waals surface area contributed by atoms with Crippen LogP contribution >= 0.6 is 11.6 Å². The predicted octanol–water partition coefficient (Wildman–Crippen LogP) is 4.24. The molecular weight excluding hydrogens is 336 g/mol. The SMILES string of the molecule is COc1ccc(Cl)cc1NCCC(=O)N(C)CCCc1ccccc1. The van der Waals surface area contributed by atoms with Crippen molar-refractivity contribution in [2.45, 2.75) is 19.3 Å². The summed E-state index contributed by atoms with van der Waals surface area (Å²) >= 11 is 6.00. The molecule has 1 amide bonds. The summed E-state index contributed by atoms with van der Waals surface area (Å²) in [6.07, 6.45) is 2.37. The Morgan fingerprint density at radius 1 is 1.20 bits per heavy atom. The van der Waals surface area contributed by atoms with Crippen molar-refractivity contribution in [3.8, 4) is 5.75 Å². The Balaban J connectivity index is 1.71. The maximum absolute atomic E-state index is 12.2. The summed E-state index contributed by atoms with van der Waals surface area (Å²) in [4.78, 5) is 14.0. The standard InChI is InChI=1S/C20H25ClN2O2/c1-23(14-6-9-16-7-4-3-5-8-16)20(24)12-13-22-18-15-17(21)10-11-19(18)25-2/h3-5,7-8,10-11,15,22H,6,9,12-14H2,1-2H3. The molecule has 0 bridgehead atoms. The summed E-state index contributed by atoms with van der Waals surface area (Å²) in [5.41, 5.74) is 2.10. The van der Waals surface area contributed by atoms with Gasteiger partial charge in [0.25, 0.3) is 0 Å². The van der Waals surface area contributed by atoms with Gasteiger partial charge < -0.3 is 15.0 Å². The van der Waals surface area contributed by atoms with E-state index in [2.05, 4.69) is 17.4 Å². The lowest BCUT2D eigenvalue weighted by Gasteiger charge is -2.18. The molecule has 0 aliphatic carbocycles. The molecule has 5 heteroatoms. The number of halogens is 1. The van der Waals surface area contributed by atoms with Gasteiger partial charge in [-0.25, -0.2) is 0 Å². The summed E-state index contributed by atoms with van der Waals surface area (Å²) in [5.74, 6) is 0.842. The van der Waals surface area contributed by atoms with Gasteiger partial charge in [0.15, 0.2) is 0 Å². The van der Waals surface area contributed by atoms with Crippen LogP contribution in [0.2, 0.25) is 5.02 Å². The van der Waals surface area contributed by atoms with Crippen LogP contribution in [0.1, 0.15) is 18.4 Å². The molecule has 0 unspecified atom stereocenters. The van der Waals surface area contributed by atoms with Crippen molar-refractivity contribution >= 4 is 23.2 Å². The number of hydrogen-bond donors (Lipinski definition) is 1. The van der Waals surface area contributed by atoms with Crippen molar-refractivity contribution in [3.63, 3.8) is 0 Å². The second kappa shape index (κ2) is 9.94. The smallest absolute Gasteiger partial charge is 0.224 e. The van der Waals surface area contributed by atoms with E-state index in [9.17, 15) is 4.79 Å². The van der Waals surface area contributed by atoms with Crippen molar-refractivity contribution in [2.75, 3.05) is 32.6 Å². The highest BCUT2D eigenvalue weighted by Gasteiger charge is 2.09. The molecule has 0 atom stereocenters. The van der Waals surface area contributed by atoms with Gasteiger partial charge in [0.1, 0.15) is 5.75 Å². The van der Waals surface area contributed by atoms with Crippen LogP contribution in [0.5, 0.6) is 5.75 Å². The quantitative estimate of drug-likeness (QED) is 0.727. The van der Waals surface area contributed by atoms with E-state index in [1.54, 1.807) is 24.1 Å². The third-order valence-corrected chi connectivity index (χ3v) is 4.28. The topological polar surface area (TPSA) is 41.6 Å². The largest absolute Gasteiger partial charge is 0.495 e. The second-order valence-electron chi connectivity index (χ2n) is 5.93. The summed E-state index contributed by atoms with van der Waals surface area (Å²) in [6, 6.07) is 15.7. The number of rotatable bonds is 9. The number of benzene rings is 2. The van der Waals surface area contributed by atoms with Gasteiger partial charge in [-0.1, -0.05) is 41.9 Å². The molecule has 134 valence electrons. The first-order valence-corrected chi connectivity index (χ1v) is 8.83. The number of aryl methyl sites for hydroxylation is 1. The normalized spacial score (nSPS) is 10.4. The van der Waals surface area contributed by atoms with Gasteiger partial charge in [-0.3, -0.25) is 4.79 Å². The number of methoxy groups -OCH3 is 1. The molecular formula is C20H25ClN2O2. The Kier molecular flexibility index (Phi) is 7.61. The van der Waals surface area contributed by atoms with Crippen LogP contribution in [0.15, 0.2) is 48.5 Å². The van der Waals surface area contributed by atoms with E-state index in [-0.39, 0.29) is 5.91 Å². The lowest BCUT2D eigenvalue weighted by Crippen LogP contribution is -2.29. The van der Waals surface area contributed by atoms with E-state index < -0.39 is 0 Å². The van der Waals surface area contributed by atoms with E-state index in [0.29, 0.717) is 23.7 Å². The highest BCUT2D eigenvalue weighted by atomic mass is 35.5. The zero-order valence-electron chi connectivity index (χ0n) is 14.8. The van der Waals surface area contributed by atoms with Crippen LogP contribution in [0.3, 0.4) is 0 Å². The number of carbonyl (C=O) groups is 1. The summed E-state index contributed by atoms with van der Waals surface area (Å²) < 4.78 is 5.28. The molecule has 2 aromatic carbocycles. The monoisotopic (exact) mass is 360 g/mol. The van der Waals surface area contributed by atoms with E-state index in [1.807, 2.05) is 31.3 Å². The Bertz CT molecular complexity index is 677. The Morgan fingerprint density at radius 2 is 1.96 bits per heavy atom. The molecule has 0 aliphatic heterocycles. The van der Waals surface area contributed by atoms with Crippen molar-refractivity contribution in [1.29, 1.82) is 0 Å². The van der Waals surface area contributed by atoms with Gasteiger partial charge in [0.2, 0.25) is 5.91 Å². The maximum Gasteiger partial charge on any atom is 0.224 e. The molecule has 0 heterocycles. The molecule has 25 heavy (non-hydrogen) atoms. The first-order chi connectivity index (χ1) is 12.1. The van der Waals surface area contributed by atoms with Crippen LogP contribution < -0.4 is 10.1 Å². The Labute approximate surface area is 154 Å². The molecule has 0 fully saturated rings. The fourth-order valence-electron chi connectivity index (χ4n) is 2.60. The summed E-state index contributed by atoms with van der Waals surface area (Å²) in [5, 5.41) is 3.85. The average molecular weight is 361 g/mol. The third kappa shape index (κ3) is 6.31. The number of nitrogens with one attached hydrogen (secondary N) is 1. The summed E-state index contributed by atoms with van der Waals surface area (Å²) in [7, 11) is 3.47. The molecule has 1 N–H and O–H groups in total.